The van der Waals surface area contributed by atoms with Gasteiger partial charge in [0.1, 0.15) is 10.6 Å². The number of morpholine rings is 1. The number of nitrogens with one attached hydrogen (secondary N) is 1. The molecule has 1 atom stereocenters. The minimum absolute atomic E-state index is 0.0566. The van der Waals surface area contributed by atoms with Gasteiger partial charge in [-0.3, -0.25) is 19.8 Å². The number of thiophene rings is 1. The van der Waals surface area contributed by atoms with Crippen LogP contribution in [0.2, 0.25) is 0 Å². The van der Waals surface area contributed by atoms with Crippen molar-refractivity contribution in [3.05, 3.63) is 15.4 Å². The van der Waals surface area contributed by atoms with Crippen molar-refractivity contribution in [2.45, 2.75) is 58.1 Å². The molecule has 4 rings (SSSR count). The number of anilines is 1. The molecule has 3 saturated heterocycles. The van der Waals surface area contributed by atoms with Crippen LogP contribution in [0.3, 0.4) is 0 Å². The normalized spacial score (nSPS) is 22.4. The fourth-order valence-corrected chi connectivity index (χ4v) is 6.67. The number of rotatable bonds is 4. The van der Waals surface area contributed by atoms with Crippen LogP contribution < -0.4 is 5.32 Å². The first-order valence-corrected chi connectivity index (χ1v) is 14.4. The van der Waals surface area contributed by atoms with Crippen LogP contribution in [-0.4, -0.2) is 96.7 Å². The number of carbonyl (C=O) groups is 3. The molecule has 3 fully saturated rings. The highest BCUT2D eigenvalue weighted by molar-refractivity contribution is 9.11. The lowest BCUT2D eigenvalue weighted by molar-refractivity contribution is -0.141. The summed E-state index contributed by atoms with van der Waals surface area (Å²) >= 11 is 4.75. The molecule has 11 heteroatoms. The lowest BCUT2D eigenvalue weighted by Crippen LogP contribution is -2.53. The van der Waals surface area contributed by atoms with Crippen LogP contribution in [-0.2, 0) is 14.3 Å². The second kappa shape index (κ2) is 11.8. The number of nitrogens with zero attached hydrogens (tertiary/aromatic N) is 3. The largest absolute Gasteiger partial charge is 0.444 e. The fraction of sp³-hybridized carbons (Fsp3) is 0.720. The molecule has 0 aromatic carbocycles. The average molecular weight is 586 g/mol. The van der Waals surface area contributed by atoms with Crippen molar-refractivity contribution >= 4 is 50.2 Å². The third kappa shape index (κ3) is 6.99. The van der Waals surface area contributed by atoms with Gasteiger partial charge in [0.05, 0.1) is 28.5 Å². The Hall–Kier alpha value is -1.69. The molecule has 36 heavy (non-hydrogen) atoms. The van der Waals surface area contributed by atoms with Gasteiger partial charge >= 0.3 is 6.09 Å². The van der Waals surface area contributed by atoms with Gasteiger partial charge in [0.25, 0.3) is 5.91 Å². The molecule has 3 aliphatic heterocycles. The smallest absolute Gasteiger partial charge is 0.412 e. The van der Waals surface area contributed by atoms with E-state index >= 15 is 0 Å². The first-order valence-electron chi connectivity index (χ1n) is 12.8. The molecular formula is C25H37BrN4O5S. The number of piperidine rings is 2. The van der Waals surface area contributed by atoms with Crippen molar-refractivity contribution in [3.63, 3.8) is 0 Å². The zero-order chi connectivity index (χ0) is 25.9. The van der Waals surface area contributed by atoms with Crippen molar-refractivity contribution in [3.8, 4) is 0 Å². The standard InChI is InChI=1S/C25H37BrN4O5S/c1-25(2,3)35-24(33)27-21-19(15-20(26)36-21)23(32)28-9-6-18(7-10-28)30-8-4-5-17(16-30)22(31)29-11-13-34-14-12-29/h15,17-18H,4-14,16H2,1-3H3,(H,27,33)/t17-/m1/s1. The van der Waals surface area contributed by atoms with E-state index in [1.54, 1.807) is 26.8 Å². The summed E-state index contributed by atoms with van der Waals surface area (Å²) in [5.74, 6) is 0.241. The average Bonchev–Trinajstić information content (AvgIpc) is 3.22. The van der Waals surface area contributed by atoms with E-state index in [-0.39, 0.29) is 17.7 Å². The van der Waals surface area contributed by atoms with E-state index in [1.165, 1.54) is 11.3 Å². The maximum Gasteiger partial charge on any atom is 0.412 e. The SMILES string of the molecule is CC(C)(C)OC(=O)Nc1sc(Br)cc1C(=O)N1CCC(N2CCC[C@@H](C(=O)N3CCOCC3)C2)CC1. The second-order valence-electron chi connectivity index (χ2n) is 10.7. The van der Waals surface area contributed by atoms with E-state index in [0.717, 1.165) is 42.6 Å². The van der Waals surface area contributed by atoms with Crippen molar-refractivity contribution in [2.24, 2.45) is 5.92 Å². The van der Waals surface area contributed by atoms with E-state index < -0.39 is 11.7 Å². The van der Waals surface area contributed by atoms with Crippen LogP contribution in [0.1, 0.15) is 56.8 Å². The van der Waals surface area contributed by atoms with Gasteiger partial charge in [-0.1, -0.05) is 0 Å². The minimum Gasteiger partial charge on any atom is -0.444 e. The summed E-state index contributed by atoms with van der Waals surface area (Å²) in [5.41, 5.74) is -0.143. The summed E-state index contributed by atoms with van der Waals surface area (Å²) in [6.07, 6.45) is 3.16. The highest BCUT2D eigenvalue weighted by Gasteiger charge is 2.35. The van der Waals surface area contributed by atoms with Crippen molar-refractivity contribution < 1.29 is 23.9 Å². The van der Waals surface area contributed by atoms with E-state index in [4.69, 9.17) is 9.47 Å². The lowest BCUT2D eigenvalue weighted by Gasteiger charge is -2.43. The van der Waals surface area contributed by atoms with E-state index in [9.17, 15) is 14.4 Å². The predicted octanol–water partition coefficient (Wildman–Crippen LogP) is 4.03. The van der Waals surface area contributed by atoms with Gasteiger partial charge in [-0.25, -0.2) is 4.79 Å². The van der Waals surface area contributed by atoms with Crippen molar-refractivity contribution in [2.75, 3.05) is 57.8 Å². The molecule has 1 N–H and O–H groups in total. The first kappa shape index (κ1) is 27.3. The maximum atomic E-state index is 13.3. The zero-order valence-electron chi connectivity index (χ0n) is 21.4. The number of hydrogen-bond donors (Lipinski definition) is 1. The molecule has 200 valence electrons. The molecule has 3 amide bonds. The Morgan fingerprint density at radius 1 is 1.06 bits per heavy atom. The second-order valence-corrected chi connectivity index (χ2v) is 13.1. The number of ether oxygens (including phenoxy) is 2. The number of carbonyl (C=O) groups excluding carboxylic acids is 3. The van der Waals surface area contributed by atoms with Gasteiger partial charge in [0.15, 0.2) is 0 Å². The summed E-state index contributed by atoms with van der Waals surface area (Å²) in [6.45, 7) is 11.2. The Labute approximate surface area is 225 Å². The lowest BCUT2D eigenvalue weighted by atomic mass is 9.92. The summed E-state index contributed by atoms with van der Waals surface area (Å²) in [7, 11) is 0. The van der Waals surface area contributed by atoms with E-state index in [1.807, 2.05) is 9.80 Å². The summed E-state index contributed by atoms with van der Waals surface area (Å²) in [6, 6.07) is 2.14. The van der Waals surface area contributed by atoms with Crippen LogP contribution in [0, 0.1) is 5.92 Å². The zero-order valence-corrected chi connectivity index (χ0v) is 23.8. The molecule has 9 nitrogen and oxygen atoms in total. The summed E-state index contributed by atoms with van der Waals surface area (Å²) in [4.78, 5) is 44.9. The van der Waals surface area contributed by atoms with Crippen LogP contribution >= 0.6 is 27.3 Å². The predicted molar refractivity (Wildman–Crippen MR) is 142 cm³/mol. The third-order valence-electron chi connectivity index (χ3n) is 6.94. The number of halogens is 1. The Balaban J connectivity index is 1.31. The molecule has 4 heterocycles. The van der Waals surface area contributed by atoms with Crippen molar-refractivity contribution in [1.82, 2.24) is 14.7 Å². The van der Waals surface area contributed by atoms with Crippen LogP contribution in [0.4, 0.5) is 9.80 Å². The third-order valence-corrected chi connectivity index (χ3v) is 8.49. The quantitative estimate of drug-likeness (QED) is 0.574. The Morgan fingerprint density at radius 2 is 1.75 bits per heavy atom. The van der Waals surface area contributed by atoms with Gasteiger partial charge in [-0.2, -0.15) is 0 Å². The van der Waals surface area contributed by atoms with E-state index in [0.29, 0.717) is 56.0 Å². The fourth-order valence-electron chi connectivity index (χ4n) is 5.20. The molecular weight excluding hydrogens is 548 g/mol. The number of hydrogen-bond acceptors (Lipinski definition) is 7. The first-order chi connectivity index (χ1) is 17.1. The minimum atomic E-state index is -0.620. The van der Waals surface area contributed by atoms with Gasteiger partial charge in [0.2, 0.25) is 5.91 Å². The molecule has 0 saturated carbocycles. The molecule has 1 aromatic heterocycles. The molecule has 0 radical (unpaired) electrons. The van der Waals surface area contributed by atoms with Gasteiger partial charge in [-0.05, 0) is 75.0 Å². The molecule has 1 aromatic rings. The highest BCUT2D eigenvalue weighted by Crippen LogP contribution is 2.34. The maximum absolute atomic E-state index is 13.3. The highest BCUT2D eigenvalue weighted by atomic mass is 79.9. The summed E-state index contributed by atoms with van der Waals surface area (Å²) < 4.78 is 11.5. The van der Waals surface area contributed by atoms with Crippen LogP contribution in [0.5, 0.6) is 0 Å². The molecule has 0 unspecified atom stereocenters. The Bertz CT molecular complexity index is 951. The molecule has 0 aliphatic carbocycles. The Morgan fingerprint density at radius 3 is 2.42 bits per heavy atom. The van der Waals surface area contributed by atoms with Crippen LogP contribution in [0.25, 0.3) is 0 Å². The van der Waals surface area contributed by atoms with Crippen molar-refractivity contribution in [1.29, 1.82) is 0 Å². The molecule has 3 aliphatic rings. The van der Waals surface area contributed by atoms with Gasteiger partial charge in [-0.15, -0.1) is 11.3 Å². The van der Waals surface area contributed by atoms with Crippen LogP contribution in [0.15, 0.2) is 9.85 Å². The monoisotopic (exact) mass is 584 g/mol. The van der Waals surface area contributed by atoms with Gasteiger partial charge < -0.3 is 19.3 Å². The molecule has 0 spiro atoms. The number of amides is 3. The molecule has 0 bridgehead atoms. The van der Waals surface area contributed by atoms with E-state index in [2.05, 4.69) is 26.1 Å². The summed E-state index contributed by atoms with van der Waals surface area (Å²) in [5, 5.41) is 3.23. The van der Waals surface area contributed by atoms with Gasteiger partial charge in [0, 0.05) is 38.8 Å². The topological polar surface area (TPSA) is 91.4 Å². The number of likely N-dealkylation sites (tertiary alicyclic amines) is 2. The Kier molecular flexibility index (Phi) is 8.96.